The first-order valence-corrected chi connectivity index (χ1v) is 9.13. The predicted octanol–water partition coefficient (Wildman–Crippen LogP) is 1.89. The van der Waals surface area contributed by atoms with Crippen LogP contribution in [0.5, 0.6) is 0 Å². The molecule has 1 saturated heterocycles. The highest BCUT2D eigenvalue weighted by atomic mass is 32.2. The summed E-state index contributed by atoms with van der Waals surface area (Å²) in [5.41, 5.74) is 0.753. The smallest absolute Gasteiger partial charge is 0.244 e. The third kappa shape index (κ3) is 4.02. The van der Waals surface area contributed by atoms with Crippen molar-refractivity contribution in [3.05, 3.63) is 24.0 Å². The van der Waals surface area contributed by atoms with Crippen LogP contribution in [0, 0.1) is 6.92 Å². The van der Waals surface area contributed by atoms with Crippen LogP contribution in [0.15, 0.2) is 23.4 Å². The number of nitrogens with zero attached hydrogens (tertiary/aromatic N) is 3. The molecule has 0 N–H and O–H groups in total. The Hall–Kier alpha value is -0.980. The topological polar surface area (TPSA) is 53.5 Å². The molecule has 6 heteroatoms. The van der Waals surface area contributed by atoms with Crippen LogP contribution >= 0.6 is 0 Å². The summed E-state index contributed by atoms with van der Waals surface area (Å²) in [5, 5.41) is 0. The fourth-order valence-corrected chi connectivity index (χ4v) is 4.44. The van der Waals surface area contributed by atoms with Gasteiger partial charge in [0.2, 0.25) is 10.0 Å². The molecule has 0 aromatic carbocycles. The number of sulfonamides is 1. The third-order valence-electron chi connectivity index (χ3n) is 4.04. The maximum absolute atomic E-state index is 12.7. The van der Waals surface area contributed by atoms with E-state index in [1.54, 1.807) is 16.6 Å². The van der Waals surface area contributed by atoms with Gasteiger partial charge in [0.15, 0.2) is 0 Å². The van der Waals surface area contributed by atoms with Crippen LogP contribution in [0.3, 0.4) is 0 Å². The summed E-state index contributed by atoms with van der Waals surface area (Å²) in [7, 11) is -3.43. The number of rotatable bonds is 7. The maximum Gasteiger partial charge on any atom is 0.244 e. The molecule has 0 bridgehead atoms. The number of likely N-dealkylation sites (tertiary alicyclic amines) is 1. The van der Waals surface area contributed by atoms with Crippen molar-refractivity contribution in [2.75, 3.05) is 32.7 Å². The van der Waals surface area contributed by atoms with Gasteiger partial charge in [0, 0.05) is 25.5 Å². The molecule has 0 radical (unpaired) electrons. The quantitative estimate of drug-likeness (QED) is 0.771. The van der Waals surface area contributed by atoms with E-state index in [2.05, 4.69) is 9.88 Å². The van der Waals surface area contributed by atoms with E-state index in [4.69, 9.17) is 0 Å². The molecule has 21 heavy (non-hydrogen) atoms. The van der Waals surface area contributed by atoms with Gasteiger partial charge < -0.3 is 4.90 Å². The van der Waals surface area contributed by atoms with Crippen LogP contribution in [0.4, 0.5) is 0 Å². The van der Waals surface area contributed by atoms with E-state index < -0.39 is 10.0 Å². The van der Waals surface area contributed by atoms with Crippen LogP contribution < -0.4 is 0 Å². The first kappa shape index (κ1) is 16.4. The molecule has 5 nitrogen and oxygen atoms in total. The van der Waals surface area contributed by atoms with Gasteiger partial charge >= 0.3 is 0 Å². The highest BCUT2D eigenvalue weighted by molar-refractivity contribution is 7.89. The van der Waals surface area contributed by atoms with Gasteiger partial charge in [-0.1, -0.05) is 6.92 Å². The molecule has 0 aliphatic carbocycles. The van der Waals surface area contributed by atoms with E-state index in [1.807, 2.05) is 13.8 Å². The molecule has 1 aliphatic rings. The Kier molecular flexibility index (Phi) is 5.72. The van der Waals surface area contributed by atoms with Crippen molar-refractivity contribution in [1.29, 1.82) is 0 Å². The molecule has 1 aromatic rings. The first-order valence-electron chi connectivity index (χ1n) is 7.69. The van der Waals surface area contributed by atoms with Crippen molar-refractivity contribution >= 4 is 10.0 Å². The second-order valence-corrected chi connectivity index (χ2v) is 7.45. The first-order chi connectivity index (χ1) is 10.1. The van der Waals surface area contributed by atoms with Crippen molar-refractivity contribution in [2.45, 2.75) is 38.0 Å². The van der Waals surface area contributed by atoms with E-state index in [1.165, 1.54) is 19.0 Å². The van der Waals surface area contributed by atoms with Gasteiger partial charge in [0.05, 0.1) is 0 Å². The van der Waals surface area contributed by atoms with E-state index in [0.717, 1.165) is 31.6 Å². The SMILES string of the molecule is CCN(CCCN1CCCC1)S(=O)(=O)c1cnccc1C. The van der Waals surface area contributed by atoms with Gasteiger partial charge in [-0.25, -0.2) is 8.42 Å². The Bertz CT molecular complexity index is 554. The Morgan fingerprint density at radius 1 is 1.33 bits per heavy atom. The minimum absolute atomic E-state index is 0.327. The van der Waals surface area contributed by atoms with Crippen molar-refractivity contribution in [1.82, 2.24) is 14.2 Å². The summed E-state index contributed by atoms with van der Waals surface area (Å²) in [6, 6.07) is 1.74. The Balaban J connectivity index is 2.00. The second kappa shape index (κ2) is 7.33. The zero-order valence-corrected chi connectivity index (χ0v) is 13.8. The van der Waals surface area contributed by atoms with Crippen LogP contribution in [0.25, 0.3) is 0 Å². The minimum atomic E-state index is -3.43. The van der Waals surface area contributed by atoms with Gasteiger partial charge in [-0.2, -0.15) is 4.31 Å². The summed E-state index contributed by atoms with van der Waals surface area (Å²) in [6.45, 7) is 8.06. The monoisotopic (exact) mass is 311 g/mol. The van der Waals surface area contributed by atoms with Crippen LogP contribution in [-0.4, -0.2) is 55.3 Å². The largest absolute Gasteiger partial charge is 0.303 e. The van der Waals surface area contributed by atoms with E-state index in [-0.39, 0.29) is 0 Å². The Morgan fingerprint density at radius 3 is 2.67 bits per heavy atom. The molecule has 0 unspecified atom stereocenters. The molecular weight excluding hydrogens is 286 g/mol. The van der Waals surface area contributed by atoms with Gasteiger partial charge in [-0.3, -0.25) is 4.98 Å². The summed E-state index contributed by atoms with van der Waals surface area (Å²) in [4.78, 5) is 6.70. The Morgan fingerprint density at radius 2 is 2.05 bits per heavy atom. The van der Waals surface area contributed by atoms with E-state index >= 15 is 0 Å². The van der Waals surface area contributed by atoms with Gasteiger partial charge in [0.1, 0.15) is 4.90 Å². The lowest BCUT2D eigenvalue weighted by Crippen LogP contribution is -2.34. The number of hydrogen-bond donors (Lipinski definition) is 0. The minimum Gasteiger partial charge on any atom is -0.303 e. The lowest BCUT2D eigenvalue weighted by molar-refractivity contribution is 0.312. The van der Waals surface area contributed by atoms with Crippen molar-refractivity contribution in [3.63, 3.8) is 0 Å². The summed E-state index contributed by atoms with van der Waals surface area (Å²) >= 11 is 0. The van der Waals surface area contributed by atoms with Crippen LogP contribution in [-0.2, 0) is 10.0 Å². The van der Waals surface area contributed by atoms with Crippen molar-refractivity contribution in [3.8, 4) is 0 Å². The number of aryl methyl sites for hydroxylation is 1. The molecular formula is C15H25N3O2S. The third-order valence-corrected chi connectivity index (χ3v) is 6.15. The molecule has 0 amide bonds. The fraction of sp³-hybridized carbons (Fsp3) is 0.667. The predicted molar refractivity (Wildman–Crippen MR) is 83.7 cm³/mol. The molecule has 2 rings (SSSR count). The standard InChI is InChI=1S/C15H25N3O2S/c1-3-18(12-6-11-17-9-4-5-10-17)21(19,20)15-13-16-8-7-14(15)2/h7-8,13H,3-6,9-12H2,1-2H3. The Labute approximate surface area is 128 Å². The molecule has 0 spiro atoms. The average molecular weight is 311 g/mol. The molecule has 118 valence electrons. The zero-order chi connectivity index (χ0) is 15.3. The van der Waals surface area contributed by atoms with Gasteiger partial charge in [-0.15, -0.1) is 0 Å². The summed E-state index contributed by atoms with van der Waals surface area (Å²) < 4.78 is 26.9. The molecule has 0 atom stereocenters. The van der Waals surface area contributed by atoms with Crippen molar-refractivity contribution in [2.24, 2.45) is 0 Å². The molecule has 0 saturated carbocycles. The highest BCUT2D eigenvalue weighted by Crippen LogP contribution is 2.18. The van der Waals surface area contributed by atoms with Crippen LogP contribution in [0.1, 0.15) is 31.7 Å². The summed E-state index contributed by atoms with van der Waals surface area (Å²) in [6.07, 6.45) is 6.49. The van der Waals surface area contributed by atoms with E-state index in [0.29, 0.717) is 18.0 Å². The lowest BCUT2D eigenvalue weighted by atomic mass is 10.3. The maximum atomic E-state index is 12.7. The fourth-order valence-electron chi connectivity index (χ4n) is 2.78. The normalized spacial score (nSPS) is 16.7. The molecule has 1 aliphatic heterocycles. The average Bonchev–Trinajstić information content (AvgIpc) is 2.97. The van der Waals surface area contributed by atoms with Gasteiger partial charge in [-0.05, 0) is 57.5 Å². The molecule has 2 heterocycles. The second-order valence-electron chi connectivity index (χ2n) is 5.54. The number of aromatic nitrogens is 1. The number of hydrogen-bond acceptors (Lipinski definition) is 4. The van der Waals surface area contributed by atoms with Crippen molar-refractivity contribution < 1.29 is 8.42 Å². The molecule has 1 fully saturated rings. The highest BCUT2D eigenvalue weighted by Gasteiger charge is 2.24. The zero-order valence-electron chi connectivity index (χ0n) is 13.0. The summed E-state index contributed by atoms with van der Waals surface area (Å²) in [5.74, 6) is 0. The van der Waals surface area contributed by atoms with E-state index in [9.17, 15) is 8.42 Å². The number of pyridine rings is 1. The van der Waals surface area contributed by atoms with Crippen LogP contribution in [0.2, 0.25) is 0 Å². The molecule has 1 aromatic heterocycles. The lowest BCUT2D eigenvalue weighted by Gasteiger charge is -2.22. The van der Waals surface area contributed by atoms with Gasteiger partial charge in [0.25, 0.3) is 0 Å².